The van der Waals surface area contributed by atoms with Gasteiger partial charge in [-0.05, 0) is 19.4 Å². The van der Waals surface area contributed by atoms with Gasteiger partial charge in [-0.25, -0.2) is 0 Å². The number of nitrogens with zero attached hydrogens (tertiary/aromatic N) is 2. The molecule has 0 bridgehead atoms. The molecule has 0 saturated carbocycles. The van der Waals surface area contributed by atoms with Crippen molar-refractivity contribution in [1.82, 2.24) is 9.88 Å². The van der Waals surface area contributed by atoms with Crippen molar-refractivity contribution in [3.63, 3.8) is 0 Å². The van der Waals surface area contributed by atoms with Crippen molar-refractivity contribution in [2.75, 3.05) is 27.3 Å². The zero-order valence-corrected chi connectivity index (χ0v) is 11.1. The summed E-state index contributed by atoms with van der Waals surface area (Å²) in [7, 11) is 3.28. The van der Waals surface area contributed by atoms with Gasteiger partial charge in [0.25, 0.3) is 0 Å². The first kappa shape index (κ1) is 13.1. The Hall–Kier alpha value is -1.33. The number of pyridine rings is 1. The van der Waals surface area contributed by atoms with E-state index in [0.29, 0.717) is 0 Å². The van der Waals surface area contributed by atoms with Crippen LogP contribution in [0.1, 0.15) is 18.5 Å². The first-order chi connectivity index (χ1) is 8.74. The number of nitrogens with two attached hydrogens (primary N) is 1. The molecule has 1 aliphatic rings. The third-order valence-corrected chi connectivity index (χ3v) is 3.28. The van der Waals surface area contributed by atoms with Crippen LogP contribution in [0.25, 0.3) is 0 Å². The molecular weight excluding hydrogens is 230 g/mol. The van der Waals surface area contributed by atoms with Crippen molar-refractivity contribution in [2.24, 2.45) is 5.73 Å². The molecule has 1 saturated heterocycles. The van der Waals surface area contributed by atoms with E-state index in [-0.39, 0.29) is 6.04 Å². The van der Waals surface area contributed by atoms with Gasteiger partial charge in [-0.15, -0.1) is 0 Å². The maximum atomic E-state index is 5.99. The molecule has 0 aliphatic carbocycles. The average Bonchev–Trinajstić information content (AvgIpc) is 2.38. The van der Waals surface area contributed by atoms with Crippen LogP contribution in [0.2, 0.25) is 0 Å². The highest BCUT2D eigenvalue weighted by Gasteiger charge is 2.19. The molecule has 1 aromatic heterocycles. The Labute approximate surface area is 108 Å². The number of likely N-dealkylation sites (tertiary alicyclic amines) is 1. The first-order valence-corrected chi connectivity index (χ1v) is 6.28. The fourth-order valence-electron chi connectivity index (χ4n) is 2.41. The van der Waals surface area contributed by atoms with Gasteiger partial charge < -0.3 is 15.2 Å². The summed E-state index contributed by atoms with van der Waals surface area (Å²) in [5, 5.41) is 0. The zero-order chi connectivity index (χ0) is 13.0. The zero-order valence-electron chi connectivity index (χ0n) is 11.1. The summed E-state index contributed by atoms with van der Waals surface area (Å²) in [6.45, 7) is 2.74. The molecule has 0 aromatic carbocycles. The van der Waals surface area contributed by atoms with Crippen LogP contribution in [0.15, 0.2) is 12.3 Å². The van der Waals surface area contributed by atoms with E-state index in [1.165, 1.54) is 0 Å². The number of piperidine rings is 1. The van der Waals surface area contributed by atoms with Gasteiger partial charge in [0.15, 0.2) is 11.5 Å². The topological polar surface area (TPSA) is 60.6 Å². The maximum absolute atomic E-state index is 5.99. The molecule has 1 atom stereocenters. The highest BCUT2D eigenvalue weighted by Crippen LogP contribution is 2.30. The van der Waals surface area contributed by atoms with Gasteiger partial charge in [-0.3, -0.25) is 9.88 Å². The normalized spacial score (nSPS) is 20.7. The van der Waals surface area contributed by atoms with Crippen molar-refractivity contribution in [3.05, 3.63) is 18.0 Å². The van der Waals surface area contributed by atoms with E-state index >= 15 is 0 Å². The molecule has 0 spiro atoms. The van der Waals surface area contributed by atoms with Gasteiger partial charge in [0, 0.05) is 31.4 Å². The van der Waals surface area contributed by atoms with Crippen LogP contribution in [-0.2, 0) is 6.54 Å². The van der Waals surface area contributed by atoms with Crippen LogP contribution < -0.4 is 15.2 Å². The molecule has 0 amide bonds. The summed E-state index contributed by atoms with van der Waals surface area (Å²) in [6.07, 6.45) is 4.01. The van der Waals surface area contributed by atoms with Gasteiger partial charge in [0.1, 0.15) is 5.69 Å². The van der Waals surface area contributed by atoms with Crippen molar-refractivity contribution < 1.29 is 9.47 Å². The fourth-order valence-corrected chi connectivity index (χ4v) is 2.41. The Morgan fingerprint density at radius 2 is 2.28 bits per heavy atom. The summed E-state index contributed by atoms with van der Waals surface area (Å²) in [6, 6.07) is 2.08. The van der Waals surface area contributed by atoms with E-state index in [0.717, 1.165) is 49.7 Å². The molecule has 1 aromatic rings. The molecule has 100 valence electrons. The lowest BCUT2D eigenvalue weighted by Gasteiger charge is -2.30. The lowest BCUT2D eigenvalue weighted by Crippen LogP contribution is -2.42. The molecule has 5 nitrogen and oxygen atoms in total. The summed E-state index contributed by atoms with van der Waals surface area (Å²) < 4.78 is 10.7. The molecule has 2 N–H and O–H groups in total. The molecule has 1 fully saturated rings. The Kier molecular flexibility index (Phi) is 4.38. The van der Waals surface area contributed by atoms with E-state index in [4.69, 9.17) is 15.2 Å². The molecule has 2 heterocycles. The van der Waals surface area contributed by atoms with Gasteiger partial charge in [0.05, 0.1) is 14.2 Å². The predicted molar refractivity (Wildman–Crippen MR) is 69.8 cm³/mol. The molecule has 0 radical (unpaired) electrons. The largest absolute Gasteiger partial charge is 0.493 e. The van der Waals surface area contributed by atoms with Gasteiger partial charge >= 0.3 is 0 Å². The molecule has 0 unspecified atom stereocenters. The lowest BCUT2D eigenvalue weighted by atomic mass is 10.1. The molecule has 5 heteroatoms. The number of hydrogen-bond donors (Lipinski definition) is 1. The van der Waals surface area contributed by atoms with Gasteiger partial charge in [-0.1, -0.05) is 0 Å². The third-order valence-electron chi connectivity index (χ3n) is 3.28. The van der Waals surface area contributed by atoms with E-state index in [2.05, 4.69) is 9.88 Å². The van der Waals surface area contributed by atoms with Crippen LogP contribution >= 0.6 is 0 Å². The van der Waals surface area contributed by atoms with Gasteiger partial charge in [0.2, 0.25) is 0 Å². The van der Waals surface area contributed by atoms with Crippen LogP contribution in [0.3, 0.4) is 0 Å². The quantitative estimate of drug-likeness (QED) is 0.865. The van der Waals surface area contributed by atoms with Crippen molar-refractivity contribution in [3.8, 4) is 11.5 Å². The number of hydrogen-bond acceptors (Lipinski definition) is 5. The summed E-state index contributed by atoms with van der Waals surface area (Å²) in [4.78, 5) is 6.71. The highest BCUT2D eigenvalue weighted by molar-refractivity contribution is 5.42. The van der Waals surface area contributed by atoms with E-state index in [9.17, 15) is 0 Å². The average molecular weight is 251 g/mol. The van der Waals surface area contributed by atoms with Crippen LogP contribution in [-0.4, -0.2) is 43.2 Å². The van der Waals surface area contributed by atoms with Crippen molar-refractivity contribution in [2.45, 2.75) is 25.4 Å². The smallest absolute Gasteiger partial charge is 0.183 e. The molecular formula is C13H21N3O2. The number of methoxy groups -OCH3 is 2. The second-order valence-corrected chi connectivity index (χ2v) is 4.63. The fraction of sp³-hybridized carbons (Fsp3) is 0.615. The molecule has 18 heavy (non-hydrogen) atoms. The third kappa shape index (κ3) is 2.91. The van der Waals surface area contributed by atoms with Crippen LogP contribution in [0, 0.1) is 0 Å². The monoisotopic (exact) mass is 251 g/mol. The Bertz CT molecular complexity index is 398. The Morgan fingerprint density at radius 1 is 1.44 bits per heavy atom. The van der Waals surface area contributed by atoms with Crippen molar-refractivity contribution in [1.29, 1.82) is 0 Å². The van der Waals surface area contributed by atoms with Crippen LogP contribution in [0.4, 0.5) is 0 Å². The van der Waals surface area contributed by atoms with E-state index in [1.807, 2.05) is 6.07 Å². The Morgan fingerprint density at radius 3 is 2.94 bits per heavy atom. The van der Waals surface area contributed by atoms with Crippen molar-refractivity contribution >= 4 is 0 Å². The van der Waals surface area contributed by atoms with Gasteiger partial charge in [-0.2, -0.15) is 0 Å². The maximum Gasteiger partial charge on any atom is 0.183 e. The first-order valence-electron chi connectivity index (χ1n) is 6.28. The minimum Gasteiger partial charge on any atom is -0.493 e. The van der Waals surface area contributed by atoms with Crippen LogP contribution in [0.5, 0.6) is 11.5 Å². The second kappa shape index (κ2) is 6.02. The minimum atomic E-state index is 0.273. The predicted octanol–water partition coefficient (Wildman–Crippen LogP) is 1.02. The summed E-state index contributed by atoms with van der Waals surface area (Å²) >= 11 is 0. The number of ether oxygens (including phenoxy) is 2. The highest BCUT2D eigenvalue weighted by atomic mass is 16.5. The van der Waals surface area contributed by atoms with E-state index in [1.54, 1.807) is 20.4 Å². The molecule has 2 rings (SSSR count). The molecule has 1 aliphatic heterocycles. The van der Waals surface area contributed by atoms with E-state index < -0.39 is 0 Å². The lowest BCUT2D eigenvalue weighted by molar-refractivity contribution is 0.196. The Balaban J connectivity index is 2.12. The number of aromatic nitrogens is 1. The number of rotatable bonds is 4. The summed E-state index contributed by atoms with van der Waals surface area (Å²) in [5.41, 5.74) is 6.90. The second-order valence-electron chi connectivity index (χ2n) is 4.63. The summed E-state index contributed by atoms with van der Waals surface area (Å²) in [5.74, 6) is 1.45. The minimum absolute atomic E-state index is 0.273. The SMILES string of the molecule is COc1ccnc(CN2CCC[C@@H](N)C2)c1OC. The standard InChI is InChI=1S/C13H21N3O2/c1-17-12-5-6-15-11(13(12)18-2)9-16-7-3-4-10(14)8-16/h5-6,10H,3-4,7-9,14H2,1-2H3/t10-/m1/s1.